The molecule has 1 amide bonds. The van der Waals surface area contributed by atoms with Gasteiger partial charge in [-0.05, 0) is 61.8 Å². The van der Waals surface area contributed by atoms with Crippen molar-refractivity contribution in [2.24, 2.45) is 5.92 Å². The third-order valence-corrected chi connectivity index (χ3v) is 6.60. The topological polar surface area (TPSA) is 88.5 Å². The molecule has 0 atom stereocenters. The number of benzene rings is 1. The molecule has 7 heteroatoms. The van der Waals surface area contributed by atoms with Gasteiger partial charge in [0.2, 0.25) is 0 Å². The van der Waals surface area contributed by atoms with Gasteiger partial charge in [0.1, 0.15) is 11.3 Å². The Morgan fingerprint density at radius 1 is 1.25 bits per heavy atom. The molecule has 32 heavy (non-hydrogen) atoms. The molecule has 2 N–H and O–H groups in total. The number of amides is 1. The number of hydrogen-bond donors (Lipinski definition) is 2. The number of aliphatic carboxylic acids is 1. The molecule has 0 unspecified atom stereocenters. The Kier molecular flexibility index (Phi) is 8.13. The number of pyridine rings is 1. The molecule has 172 valence electrons. The highest BCUT2D eigenvalue weighted by molar-refractivity contribution is 6.30. The fraction of sp³-hybridized carbons (Fsp3) is 0.480. The van der Waals surface area contributed by atoms with Crippen molar-refractivity contribution in [3.63, 3.8) is 0 Å². The number of carboxylic acids is 1. The van der Waals surface area contributed by atoms with Crippen LogP contribution in [0.1, 0.15) is 67.6 Å². The Hall–Kier alpha value is -2.60. The minimum absolute atomic E-state index is 0.304. The molecule has 6 nitrogen and oxygen atoms in total. The van der Waals surface area contributed by atoms with Crippen molar-refractivity contribution < 1.29 is 19.4 Å². The van der Waals surface area contributed by atoms with E-state index >= 15 is 0 Å². The largest absolute Gasteiger partial charge is 0.491 e. The second-order valence-electron chi connectivity index (χ2n) is 8.44. The van der Waals surface area contributed by atoms with Gasteiger partial charge >= 0.3 is 5.97 Å². The van der Waals surface area contributed by atoms with Gasteiger partial charge in [-0.25, -0.2) is 4.79 Å². The highest BCUT2D eigenvalue weighted by atomic mass is 35.5. The third kappa shape index (κ3) is 5.80. The first-order valence-corrected chi connectivity index (χ1v) is 11.7. The van der Waals surface area contributed by atoms with Crippen molar-refractivity contribution in [3.8, 4) is 5.75 Å². The van der Waals surface area contributed by atoms with Crippen molar-refractivity contribution in [2.75, 3.05) is 6.61 Å². The minimum atomic E-state index is -1.22. The molecular weight excluding hydrogens is 428 g/mol. The van der Waals surface area contributed by atoms with E-state index in [0.29, 0.717) is 54.5 Å². The quantitative estimate of drug-likeness (QED) is 0.547. The maximum atomic E-state index is 13.0. The number of carboxylic acid groups (broad SMARTS) is 1. The Labute approximate surface area is 194 Å². The number of aromatic nitrogens is 1. The molecule has 1 aliphatic rings. The van der Waals surface area contributed by atoms with Crippen molar-refractivity contribution in [1.82, 2.24) is 10.3 Å². The molecule has 3 rings (SSSR count). The van der Waals surface area contributed by atoms with Gasteiger partial charge in [-0.15, -0.1) is 0 Å². The van der Waals surface area contributed by atoms with E-state index in [0.717, 1.165) is 30.5 Å². The zero-order valence-electron chi connectivity index (χ0n) is 18.7. The summed E-state index contributed by atoms with van der Waals surface area (Å²) in [7, 11) is 0. The summed E-state index contributed by atoms with van der Waals surface area (Å²) in [6, 6.07) is 9.26. The highest BCUT2D eigenvalue weighted by Crippen LogP contribution is 2.34. The Balaban J connectivity index is 1.70. The summed E-state index contributed by atoms with van der Waals surface area (Å²) >= 11 is 6.04. The van der Waals surface area contributed by atoms with Crippen molar-refractivity contribution in [1.29, 1.82) is 0 Å². The predicted molar refractivity (Wildman–Crippen MR) is 124 cm³/mol. The average molecular weight is 459 g/mol. The van der Waals surface area contributed by atoms with Gasteiger partial charge in [0, 0.05) is 17.6 Å². The lowest BCUT2D eigenvalue weighted by Crippen LogP contribution is -2.56. The predicted octanol–water partition coefficient (Wildman–Crippen LogP) is 5.07. The zero-order chi connectivity index (χ0) is 23.1. The number of nitrogens with one attached hydrogen (secondary N) is 1. The van der Waals surface area contributed by atoms with E-state index in [1.54, 1.807) is 6.07 Å². The number of hydrogen-bond acceptors (Lipinski definition) is 4. The number of halogens is 1. The van der Waals surface area contributed by atoms with E-state index < -0.39 is 17.4 Å². The first kappa shape index (κ1) is 24.1. The summed E-state index contributed by atoms with van der Waals surface area (Å²) in [5.41, 5.74) is 0.894. The van der Waals surface area contributed by atoms with Gasteiger partial charge in [-0.2, -0.15) is 0 Å². The molecule has 0 aliphatic heterocycles. The molecule has 0 saturated heterocycles. The number of aryl methyl sites for hydroxylation is 1. The van der Waals surface area contributed by atoms with E-state index in [-0.39, 0.29) is 0 Å². The maximum absolute atomic E-state index is 13.0. The van der Waals surface area contributed by atoms with Crippen LogP contribution < -0.4 is 10.1 Å². The van der Waals surface area contributed by atoms with E-state index in [9.17, 15) is 14.7 Å². The molecule has 0 radical (unpaired) electrons. The molecule has 1 aliphatic carbocycles. The van der Waals surface area contributed by atoms with Crippen LogP contribution in [-0.2, 0) is 17.6 Å². The molecule has 2 aromatic rings. The van der Waals surface area contributed by atoms with Crippen LogP contribution in [0.2, 0.25) is 5.02 Å². The van der Waals surface area contributed by atoms with Crippen LogP contribution in [0.5, 0.6) is 5.75 Å². The lowest BCUT2D eigenvalue weighted by atomic mass is 9.75. The summed E-state index contributed by atoms with van der Waals surface area (Å²) in [5, 5.41) is 13.3. The van der Waals surface area contributed by atoms with E-state index in [1.165, 1.54) is 6.20 Å². The molecule has 1 aromatic heterocycles. The van der Waals surface area contributed by atoms with E-state index in [1.807, 2.05) is 31.2 Å². The van der Waals surface area contributed by atoms with Crippen molar-refractivity contribution >= 4 is 23.5 Å². The van der Waals surface area contributed by atoms with Crippen LogP contribution in [0.4, 0.5) is 0 Å². The zero-order valence-corrected chi connectivity index (χ0v) is 19.5. The molecule has 1 aromatic carbocycles. The fourth-order valence-corrected chi connectivity index (χ4v) is 4.43. The number of carbonyl (C=O) groups excluding carboxylic acids is 1. The first-order valence-electron chi connectivity index (χ1n) is 11.3. The summed E-state index contributed by atoms with van der Waals surface area (Å²) < 4.78 is 5.95. The lowest BCUT2D eigenvalue weighted by molar-refractivity contribution is -0.146. The molecule has 1 saturated carbocycles. The van der Waals surface area contributed by atoms with E-state index in [4.69, 9.17) is 16.3 Å². The number of carbonyl (C=O) groups is 2. The lowest BCUT2D eigenvalue weighted by Gasteiger charge is -2.37. The van der Waals surface area contributed by atoms with E-state index in [2.05, 4.69) is 17.2 Å². The van der Waals surface area contributed by atoms with Gasteiger partial charge < -0.3 is 15.2 Å². The standard InChI is InChI=1S/C25H31ClN2O4/c1-3-17-8-11-25(12-9-17,24(30)31)28-23(29)19-15-22(21(4-2)27-16-19)32-13-10-18-6-5-7-20(26)14-18/h5-7,14-17H,3-4,8-13H2,1-2H3,(H,28,29)(H,30,31)/t17-,25-. The Morgan fingerprint density at radius 2 is 2.00 bits per heavy atom. The number of ether oxygens (including phenoxy) is 1. The van der Waals surface area contributed by atoms with Crippen molar-refractivity contribution in [2.45, 2.75) is 64.3 Å². The Morgan fingerprint density at radius 3 is 2.62 bits per heavy atom. The summed E-state index contributed by atoms with van der Waals surface area (Å²) in [6.45, 7) is 4.50. The molecule has 1 fully saturated rings. The molecule has 0 bridgehead atoms. The number of rotatable bonds is 9. The summed E-state index contributed by atoms with van der Waals surface area (Å²) in [4.78, 5) is 29.4. The molecule has 1 heterocycles. The summed E-state index contributed by atoms with van der Waals surface area (Å²) in [6.07, 6.45) is 6.33. The van der Waals surface area contributed by atoms with Gasteiger partial charge in [0.05, 0.1) is 17.9 Å². The highest BCUT2D eigenvalue weighted by Gasteiger charge is 2.43. The summed E-state index contributed by atoms with van der Waals surface area (Å²) in [5.74, 6) is -0.348. The monoisotopic (exact) mass is 458 g/mol. The second kappa shape index (κ2) is 10.8. The Bertz CT molecular complexity index is 955. The minimum Gasteiger partial charge on any atom is -0.491 e. The van der Waals surface area contributed by atoms with Crippen LogP contribution in [0, 0.1) is 5.92 Å². The van der Waals surface area contributed by atoms with Gasteiger partial charge in [-0.1, -0.05) is 44.0 Å². The van der Waals surface area contributed by atoms with Crippen molar-refractivity contribution in [3.05, 3.63) is 58.4 Å². The average Bonchev–Trinajstić information content (AvgIpc) is 2.79. The third-order valence-electron chi connectivity index (χ3n) is 6.36. The normalized spacial score (nSPS) is 20.5. The first-order chi connectivity index (χ1) is 15.4. The van der Waals surface area contributed by atoms with Crippen LogP contribution in [0.3, 0.4) is 0 Å². The fourth-order valence-electron chi connectivity index (χ4n) is 4.22. The second-order valence-corrected chi connectivity index (χ2v) is 8.88. The van der Waals surface area contributed by atoms with Crippen LogP contribution in [-0.4, -0.2) is 34.1 Å². The maximum Gasteiger partial charge on any atom is 0.329 e. The van der Waals surface area contributed by atoms with Crippen LogP contribution in [0.25, 0.3) is 0 Å². The van der Waals surface area contributed by atoms with Gasteiger partial charge in [0.25, 0.3) is 5.91 Å². The van der Waals surface area contributed by atoms with Gasteiger partial charge in [-0.3, -0.25) is 9.78 Å². The SMILES string of the molecule is CCc1ncc(C(=O)N[C@]2(C(=O)O)CC[C@@H](CC)CC2)cc1OCCc1cccc(Cl)c1. The molecule has 0 spiro atoms. The number of nitrogens with zero attached hydrogens (tertiary/aromatic N) is 1. The molecular formula is C25H31ClN2O4. The van der Waals surface area contributed by atoms with Gasteiger partial charge in [0.15, 0.2) is 0 Å². The van der Waals surface area contributed by atoms with Crippen LogP contribution in [0.15, 0.2) is 36.5 Å². The smallest absolute Gasteiger partial charge is 0.329 e. The van der Waals surface area contributed by atoms with Crippen LogP contribution >= 0.6 is 11.6 Å².